The highest BCUT2D eigenvalue weighted by Crippen LogP contribution is 2.28. The summed E-state index contributed by atoms with van der Waals surface area (Å²) in [5.41, 5.74) is 0.962. The third-order valence-corrected chi connectivity index (χ3v) is 4.11. The Hall–Kier alpha value is -0.820. The van der Waals surface area contributed by atoms with E-state index >= 15 is 0 Å². The number of thiazole rings is 2. The van der Waals surface area contributed by atoms with Crippen molar-refractivity contribution in [1.82, 2.24) is 15.3 Å². The molecular weight excluding hydrogens is 242 g/mol. The van der Waals surface area contributed by atoms with E-state index in [1.807, 2.05) is 10.8 Å². The summed E-state index contributed by atoms with van der Waals surface area (Å²) < 4.78 is 5.66. The van der Waals surface area contributed by atoms with E-state index in [4.69, 9.17) is 4.74 Å². The number of aromatic nitrogens is 2. The van der Waals surface area contributed by atoms with Crippen molar-refractivity contribution in [2.24, 2.45) is 0 Å². The molecule has 84 valence electrons. The van der Waals surface area contributed by atoms with Gasteiger partial charge in [-0.25, -0.2) is 9.97 Å². The van der Waals surface area contributed by atoms with Gasteiger partial charge in [0.2, 0.25) is 0 Å². The van der Waals surface area contributed by atoms with Gasteiger partial charge in [-0.3, -0.25) is 0 Å². The molecule has 1 atom stereocenters. The van der Waals surface area contributed by atoms with Gasteiger partial charge in [-0.1, -0.05) is 0 Å². The number of ether oxygens (including phenoxy) is 1. The molecule has 1 aliphatic heterocycles. The fourth-order valence-corrected chi connectivity index (χ4v) is 3.13. The van der Waals surface area contributed by atoms with Crippen molar-refractivity contribution >= 4 is 22.7 Å². The standard InChI is InChI=1S/C10H11N3OS2/c1-3-14-8(5-11-1)10-13-7(6-16-10)9-12-2-4-15-9/h2,4,6,8,11H,1,3,5H2. The molecule has 1 unspecified atom stereocenters. The molecule has 0 aliphatic carbocycles. The maximum atomic E-state index is 5.66. The van der Waals surface area contributed by atoms with Crippen molar-refractivity contribution in [3.05, 3.63) is 22.0 Å². The smallest absolute Gasteiger partial charge is 0.142 e. The van der Waals surface area contributed by atoms with Crippen LogP contribution >= 0.6 is 22.7 Å². The Morgan fingerprint density at radius 1 is 1.44 bits per heavy atom. The van der Waals surface area contributed by atoms with Gasteiger partial charge in [0.15, 0.2) is 0 Å². The summed E-state index contributed by atoms with van der Waals surface area (Å²) in [7, 11) is 0. The largest absolute Gasteiger partial charge is 0.368 e. The number of nitrogens with zero attached hydrogens (tertiary/aromatic N) is 2. The highest BCUT2D eigenvalue weighted by atomic mass is 32.1. The first kappa shape index (κ1) is 10.3. The summed E-state index contributed by atoms with van der Waals surface area (Å²) in [6.07, 6.45) is 1.91. The molecular formula is C10H11N3OS2. The van der Waals surface area contributed by atoms with Crippen LogP contribution in [0.5, 0.6) is 0 Å². The van der Waals surface area contributed by atoms with Crippen molar-refractivity contribution in [2.45, 2.75) is 6.10 Å². The van der Waals surface area contributed by atoms with Crippen LogP contribution in [0.3, 0.4) is 0 Å². The maximum absolute atomic E-state index is 5.66. The van der Waals surface area contributed by atoms with Crippen LogP contribution in [0.2, 0.25) is 0 Å². The van der Waals surface area contributed by atoms with Crippen LogP contribution in [0, 0.1) is 0 Å². The predicted molar refractivity (Wildman–Crippen MR) is 64.8 cm³/mol. The third kappa shape index (κ3) is 2.01. The van der Waals surface area contributed by atoms with Gasteiger partial charge in [-0.15, -0.1) is 22.7 Å². The lowest BCUT2D eigenvalue weighted by Gasteiger charge is -2.21. The average Bonchev–Trinajstić information content (AvgIpc) is 3.01. The van der Waals surface area contributed by atoms with E-state index in [2.05, 4.69) is 15.3 Å². The lowest BCUT2D eigenvalue weighted by Crippen LogP contribution is -2.33. The van der Waals surface area contributed by atoms with Gasteiger partial charge in [0.1, 0.15) is 21.8 Å². The summed E-state index contributed by atoms with van der Waals surface area (Å²) in [4.78, 5) is 8.83. The maximum Gasteiger partial charge on any atom is 0.142 e. The van der Waals surface area contributed by atoms with Crippen molar-refractivity contribution < 1.29 is 4.74 Å². The molecule has 2 aromatic rings. The number of hydrogen-bond acceptors (Lipinski definition) is 6. The first-order valence-corrected chi connectivity index (χ1v) is 6.87. The molecule has 16 heavy (non-hydrogen) atoms. The van der Waals surface area contributed by atoms with E-state index in [1.54, 1.807) is 28.9 Å². The van der Waals surface area contributed by atoms with Crippen molar-refractivity contribution in [1.29, 1.82) is 0 Å². The fraction of sp³-hybridized carbons (Fsp3) is 0.400. The molecule has 0 amide bonds. The van der Waals surface area contributed by atoms with Crippen molar-refractivity contribution in [3.8, 4) is 10.7 Å². The Labute approximate surface area is 101 Å². The number of nitrogens with one attached hydrogen (secondary N) is 1. The van der Waals surface area contributed by atoms with Gasteiger partial charge >= 0.3 is 0 Å². The summed E-state index contributed by atoms with van der Waals surface area (Å²) >= 11 is 3.26. The topological polar surface area (TPSA) is 47.0 Å². The van der Waals surface area contributed by atoms with E-state index in [-0.39, 0.29) is 6.10 Å². The Morgan fingerprint density at radius 2 is 2.44 bits per heavy atom. The Balaban J connectivity index is 1.82. The summed E-state index contributed by atoms with van der Waals surface area (Å²) in [6, 6.07) is 0. The molecule has 2 aromatic heterocycles. The van der Waals surface area contributed by atoms with Gasteiger partial charge in [0.25, 0.3) is 0 Å². The molecule has 4 nitrogen and oxygen atoms in total. The number of morpholine rings is 1. The summed E-state index contributed by atoms with van der Waals surface area (Å²) in [5.74, 6) is 0. The normalized spacial score (nSPS) is 21.1. The van der Waals surface area contributed by atoms with Crippen LogP contribution in [0.1, 0.15) is 11.1 Å². The van der Waals surface area contributed by atoms with E-state index in [1.165, 1.54) is 0 Å². The zero-order valence-electron chi connectivity index (χ0n) is 8.55. The van der Waals surface area contributed by atoms with E-state index in [0.717, 1.165) is 35.4 Å². The second kappa shape index (κ2) is 4.58. The van der Waals surface area contributed by atoms with Gasteiger partial charge in [-0.2, -0.15) is 0 Å². The molecule has 3 heterocycles. The number of hydrogen-bond donors (Lipinski definition) is 1. The molecule has 0 saturated carbocycles. The molecule has 0 aromatic carbocycles. The second-order valence-corrected chi connectivity index (χ2v) is 5.26. The monoisotopic (exact) mass is 253 g/mol. The van der Waals surface area contributed by atoms with Crippen molar-refractivity contribution in [2.75, 3.05) is 19.7 Å². The lowest BCUT2D eigenvalue weighted by molar-refractivity contribution is 0.0276. The van der Waals surface area contributed by atoms with Crippen molar-refractivity contribution in [3.63, 3.8) is 0 Å². The Bertz CT molecular complexity index is 448. The molecule has 0 bridgehead atoms. The summed E-state index contributed by atoms with van der Waals surface area (Å²) in [6.45, 7) is 2.54. The van der Waals surface area contributed by atoms with Gasteiger partial charge in [0.05, 0.1) is 6.61 Å². The van der Waals surface area contributed by atoms with E-state index < -0.39 is 0 Å². The van der Waals surface area contributed by atoms with Gasteiger partial charge < -0.3 is 10.1 Å². The van der Waals surface area contributed by atoms with Gasteiger partial charge in [0, 0.05) is 30.0 Å². The molecule has 0 spiro atoms. The Kier molecular flexibility index (Phi) is 2.96. The molecule has 1 aliphatic rings. The van der Waals surface area contributed by atoms with Crippen LogP contribution in [-0.2, 0) is 4.74 Å². The average molecular weight is 253 g/mol. The van der Waals surface area contributed by atoms with Crippen LogP contribution in [0.15, 0.2) is 17.0 Å². The SMILES string of the molecule is c1csc(-c2csc(C3CNCCO3)n2)n1. The molecule has 1 saturated heterocycles. The van der Waals surface area contributed by atoms with Crippen LogP contribution in [0.25, 0.3) is 10.7 Å². The lowest BCUT2D eigenvalue weighted by atomic mass is 10.3. The second-order valence-electron chi connectivity index (χ2n) is 3.47. The first-order valence-electron chi connectivity index (χ1n) is 5.11. The zero-order valence-corrected chi connectivity index (χ0v) is 10.2. The molecule has 0 radical (unpaired) electrons. The van der Waals surface area contributed by atoms with Crippen LogP contribution in [0.4, 0.5) is 0 Å². The predicted octanol–water partition coefficient (Wildman–Crippen LogP) is 1.93. The summed E-state index contributed by atoms with van der Waals surface area (Å²) in [5, 5.41) is 9.34. The third-order valence-electron chi connectivity index (χ3n) is 2.38. The first-order chi connectivity index (χ1) is 7.93. The molecule has 3 rings (SSSR count). The van der Waals surface area contributed by atoms with E-state index in [9.17, 15) is 0 Å². The highest BCUT2D eigenvalue weighted by Gasteiger charge is 2.19. The van der Waals surface area contributed by atoms with Crippen LogP contribution in [-0.4, -0.2) is 29.7 Å². The Morgan fingerprint density at radius 3 is 3.19 bits per heavy atom. The minimum atomic E-state index is 0.104. The quantitative estimate of drug-likeness (QED) is 0.888. The molecule has 6 heteroatoms. The van der Waals surface area contributed by atoms with Gasteiger partial charge in [-0.05, 0) is 0 Å². The van der Waals surface area contributed by atoms with E-state index in [0.29, 0.717) is 0 Å². The highest BCUT2D eigenvalue weighted by molar-refractivity contribution is 7.14. The molecule has 1 N–H and O–H groups in total. The number of rotatable bonds is 2. The van der Waals surface area contributed by atoms with Crippen LogP contribution < -0.4 is 5.32 Å². The fourth-order valence-electron chi connectivity index (χ4n) is 1.61. The minimum absolute atomic E-state index is 0.104. The molecule has 1 fully saturated rings. The minimum Gasteiger partial charge on any atom is -0.368 e. The zero-order chi connectivity index (χ0) is 10.8.